The predicted octanol–water partition coefficient (Wildman–Crippen LogP) is 3.29. The second-order valence-electron chi connectivity index (χ2n) is 9.61. The minimum atomic E-state index is 0.142. The fourth-order valence-electron chi connectivity index (χ4n) is 6.01. The van der Waals surface area contributed by atoms with Crippen molar-refractivity contribution in [3.63, 3.8) is 0 Å². The molecule has 1 saturated carbocycles. The minimum absolute atomic E-state index is 0.142. The topological polar surface area (TPSA) is 42.0 Å². The maximum atomic E-state index is 12.4. The third-order valence-electron chi connectivity index (χ3n) is 7.73. The molecule has 29 heavy (non-hydrogen) atoms. The van der Waals surface area contributed by atoms with Gasteiger partial charge in [0.15, 0.2) is 0 Å². The number of ether oxygens (including phenoxy) is 2. The highest BCUT2D eigenvalue weighted by Crippen LogP contribution is 2.48. The molecule has 0 unspecified atom stereocenters. The molecule has 5 heteroatoms. The second kappa shape index (κ2) is 7.92. The molecule has 1 amide bonds. The quantitative estimate of drug-likeness (QED) is 0.763. The Hall–Kier alpha value is -1.59. The normalized spacial score (nSPS) is 27.6. The molecule has 3 aliphatic heterocycles. The third-order valence-corrected chi connectivity index (χ3v) is 7.73. The van der Waals surface area contributed by atoms with Crippen LogP contribution in [-0.4, -0.2) is 67.7 Å². The van der Waals surface area contributed by atoms with Crippen LogP contribution in [0.2, 0.25) is 0 Å². The van der Waals surface area contributed by atoms with Crippen LogP contribution >= 0.6 is 0 Å². The molecule has 0 aromatic heterocycles. The van der Waals surface area contributed by atoms with Gasteiger partial charge < -0.3 is 19.3 Å². The first kappa shape index (κ1) is 19.4. The van der Waals surface area contributed by atoms with Gasteiger partial charge in [-0.2, -0.15) is 0 Å². The van der Waals surface area contributed by atoms with Crippen LogP contribution in [0.5, 0.6) is 5.75 Å². The van der Waals surface area contributed by atoms with Crippen molar-refractivity contribution in [2.24, 2.45) is 11.3 Å². The standard InChI is InChI=1S/C24H34N2O3/c1-2-29-22-6-4-3-5-21(22)18-8-11-25(12-9-18)20-7-10-24(13-20)16-26(17-24)23(27)19-14-28-15-19/h3-6,18-20H,2,7-17H2,1H3/t20-/m1/s1. The van der Waals surface area contributed by atoms with E-state index in [0.29, 0.717) is 36.5 Å². The minimum Gasteiger partial charge on any atom is -0.494 e. The summed E-state index contributed by atoms with van der Waals surface area (Å²) in [6, 6.07) is 9.30. The summed E-state index contributed by atoms with van der Waals surface area (Å²) >= 11 is 0. The summed E-state index contributed by atoms with van der Waals surface area (Å²) in [4.78, 5) is 17.2. The molecule has 4 aliphatic rings. The molecule has 1 aromatic rings. The van der Waals surface area contributed by atoms with Gasteiger partial charge in [-0.15, -0.1) is 0 Å². The molecule has 3 saturated heterocycles. The molecule has 158 valence electrons. The van der Waals surface area contributed by atoms with E-state index in [4.69, 9.17) is 9.47 Å². The van der Waals surface area contributed by atoms with Crippen molar-refractivity contribution in [1.82, 2.24) is 9.80 Å². The number of benzene rings is 1. The number of carbonyl (C=O) groups is 1. The highest BCUT2D eigenvalue weighted by atomic mass is 16.5. The highest BCUT2D eigenvalue weighted by molar-refractivity contribution is 5.80. The Morgan fingerprint density at radius 1 is 1.17 bits per heavy atom. The van der Waals surface area contributed by atoms with Crippen LogP contribution in [0.15, 0.2) is 24.3 Å². The Kier molecular flexibility index (Phi) is 5.29. The lowest BCUT2D eigenvalue weighted by atomic mass is 9.77. The third kappa shape index (κ3) is 3.68. The predicted molar refractivity (Wildman–Crippen MR) is 112 cm³/mol. The van der Waals surface area contributed by atoms with E-state index in [1.165, 1.54) is 50.8 Å². The van der Waals surface area contributed by atoms with Crippen LogP contribution in [0, 0.1) is 11.3 Å². The van der Waals surface area contributed by atoms with Crippen LogP contribution in [0.4, 0.5) is 0 Å². The molecule has 5 rings (SSSR count). The van der Waals surface area contributed by atoms with Crippen molar-refractivity contribution < 1.29 is 14.3 Å². The Labute approximate surface area is 174 Å². The molecule has 1 spiro atoms. The molecule has 4 fully saturated rings. The summed E-state index contributed by atoms with van der Waals surface area (Å²) in [5.74, 6) is 2.16. The lowest BCUT2D eigenvalue weighted by molar-refractivity contribution is -0.161. The summed E-state index contributed by atoms with van der Waals surface area (Å²) in [5.41, 5.74) is 1.80. The van der Waals surface area contributed by atoms with Crippen LogP contribution in [0.3, 0.4) is 0 Å². The molecule has 3 heterocycles. The van der Waals surface area contributed by atoms with Gasteiger partial charge in [-0.25, -0.2) is 0 Å². The van der Waals surface area contributed by atoms with E-state index in [1.54, 1.807) is 0 Å². The van der Waals surface area contributed by atoms with Crippen molar-refractivity contribution in [2.75, 3.05) is 46.0 Å². The molecule has 1 aliphatic carbocycles. The zero-order chi connectivity index (χ0) is 19.8. The molecule has 1 atom stereocenters. The van der Waals surface area contributed by atoms with Crippen molar-refractivity contribution in [3.8, 4) is 5.75 Å². The smallest absolute Gasteiger partial charge is 0.230 e. The average Bonchev–Trinajstić information content (AvgIpc) is 3.12. The molecule has 5 nitrogen and oxygen atoms in total. The largest absolute Gasteiger partial charge is 0.494 e. The van der Waals surface area contributed by atoms with Crippen LogP contribution < -0.4 is 4.74 Å². The zero-order valence-corrected chi connectivity index (χ0v) is 17.6. The second-order valence-corrected chi connectivity index (χ2v) is 9.61. The maximum absolute atomic E-state index is 12.4. The first-order valence-corrected chi connectivity index (χ1v) is 11.5. The van der Waals surface area contributed by atoms with E-state index in [2.05, 4.69) is 41.0 Å². The van der Waals surface area contributed by atoms with Crippen molar-refractivity contribution >= 4 is 5.91 Å². The van der Waals surface area contributed by atoms with E-state index in [0.717, 1.165) is 25.4 Å². The number of nitrogens with zero attached hydrogens (tertiary/aromatic N) is 2. The molecular formula is C24H34N2O3. The lowest BCUT2D eigenvalue weighted by Gasteiger charge is -2.50. The van der Waals surface area contributed by atoms with E-state index >= 15 is 0 Å². The summed E-state index contributed by atoms with van der Waals surface area (Å²) in [7, 11) is 0. The van der Waals surface area contributed by atoms with Gasteiger partial charge in [0.05, 0.1) is 25.7 Å². The summed E-state index contributed by atoms with van der Waals surface area (Å²) in [6.07, 6.45) is 6.31. The monoisotopic (exact) mass is 398 g/mol. The fraction of sp³-hybridized carbons (Fsp3) is 0.708. The lowest BCUT2D eigenvalue weighted by Crippen LogP contribution is -2.61. The number of para-hydroxylation sites is 1. The first-order valence-electron chi connectivity index (χ1n) is 11.5. The van der Waals surface area contributed by atoms with Crippen molar-refractivity contribution in [1.29, 1.82) is 0 Å². The van der Waals surface area contributed by atoms with Gasteiger partial charge in [-0.1, -0.05) is 18.2 Å². The van der Waals surface area contributed by atoms with E-state index in [1.807, 2.05) is 0 Å². The number of carbonyl (C=O) groups excluding carboxylic acids is 1. The SMILES string of the molecule is CCOc1ccccc1C1CCN([C@@H]2CCC3(C2)CN(C(=O)C2COC2)C3)CC1. The molecule has 0 bridgehead atoms. The van der Waals surface area contributed by atoms with Crippen LogP contribution in [0.25, 0.3) is 0 Å². The van der Waals surface area contributed by atoms with E-state index < -0.39 is 0 Å². The number of hydrogen-bond donors (Lipinski definition) is 0. The van der Waals surface area contributed by atoms with E-state index in [9.17, 15) is 4.79 Å². The maximum Gasteiger partial charge on any atom is 0.230 e. The first-order chi connectivity index (χ1) is 14.2. The number of piperidine rings is 1. The van der Waals surface area contributed by atoms with Gasteiger partial charge in [0.2, 0.25) is 5.91 Å². The number of hydrogen-bond acceptors (Lipinski definition) is 4. The van der Waals surface area contributed by atoms with Gasteiger partial charge in [-0.05, 0) is 69.7 Å². The summed E-state index contributed by atoms with van der Waals surface area (Å²) < 4.78 is 11.1. The van der Waals surface area contributed by atoms with Gasteiger partial charge in [0.1, 0.15) is 5.75 Å². The van der Waals surface area contributed by atoms with Crippen LogP contribution in [-0.2, 0) is 9.53 Å². The molecule has 0 radical (unpaired) electrons. The summed E-state index contributed by atoms with van der Waals surface area (Å²) in [6.45, 7) is 8.40. The molecular weight excluding hydrogens is 364 g/mol. The number of likely N-dealkylation sites (tertiary alicyclic amines) is 2. The van der Waals surface area contributed by atoms with Gasteiger partial charge >= 0.3 is 0 Å². The average molecular weight is 399 g/mol. The molecule has 0 N–H and O–H groups in total. The highest BCUT2D eigenvalue weighted by Gasteiger charge is 2.52. The van der Waals surface area contributed by atoms with E-state index in [-0.39, 0.29) is 5.92 Å². The van der Waals surface area contributed by atoms with Gasteiger partial charge in [0.25, 0.3) is 0 Å². The Morgan fingerprint density at radius 3 is 2.62 bits per heavy atom. The van der Waals surface area contributed by atoms with Crippen LogP contribution in [0.1, 0.15) is 50.5 Å². The number of amides is 1. The van der Waals surface area contributed by atoms with Gasteiger partial charge in [0, 0.05) is 24.5 Å². The zero-order valence-electron chi connectivity index (χ0n) is 17.6. The van der Waals surface area contributed by atoms with Crippen molar-refractivity contribution in [3.05, 3.63) is 29.8 Å². The number of rotatable bonds is 5. The molecule has 1 aromatic carbocycles. The fourth-order valence-corrected chi connectivity index (χ4v) is 6.01. The summed E-state index contributed by atoms with van der Waals surface area (Å²) in [5, 5.41) is 0. The Balaban J connectivity index is 1.12. The Bertz CT molecular complexity index is 733. The Morgan fingerprint density at radius 2 is 1.93 bits per heavy atom. The van der Waals surface area contributed by atoms with Crippen molar-refractivity contribution in [2.45, 2.75) is 51.0 Å². The van der Waals surface area contributed by atoms with Gasteiger partial charge in [-0.3, -0.25) is 4.79 Å².